The summed E-state index contributed by atoms with van der Waals surface area (Å²) in [6.07, 6.45) is 7.47. The zero-order valence-corrected chi connectivity index (χ0v) is 15.1. The predicted octanol–water partition coefficient (Wildman–Crippen LogP) is 0.611. The lowest BCUT2D eigenvalue weighted by atomic mass is 10.2. The lowest BCUT2D eigenvalue weighted by Gasteiger charge is -2.31. The third-order valence-corrected chi connectivity index (χ3v) is 4.78. The van der Waals surface area contributed by atoms with Crippen molar-refractivity contribution < 1.29 is 9.69 Å². The fourth-order valence-corrected chi connectivity index (χ4v) is 3.38. The zero-order chi connectivity index (χ0) is 18.5. The monoisotopic (exact) mass is 363 g/mol. The Morgan fingerprint density at radius 3 is 2.44 bits per heavy atom. The van der Waals surface area contributed by atoms with Gasteiger partial charge in [-0.05, 0) is 30.3 Å². The number of anilines is 2. The standard InChI is InChI=1S/C20H22N6O/c27-19(23-17-6-1-2-7-18(17)25-10-3-4-11-25)16-24-12-14-26(15-13-24)20-21-8-5-9-22-20/h1-11H,12-16H2,(H,23,27)/p+1. The molecule has 27 heavy (non-hydrogen) atoms. The van der Waals surface area contributed by atoms with Gasteiger partial charge in [0.25, 0.3) is 5.91 Å². The number of nitrogens with one attached hydrogen (secondary N) is 2. The predicted molar refractivity (Wildman–Crippen MR) is 104 cm³/mol. The highest BCUT2D eigenvalue weighted by atomic mass is 16.2. The number of piperazine rings is 1. The van der Waals surface area contributed by atoms with Crippen LogP contribution in [0.2, 0.25) is 0 Å². The third-order valence-electron chi connectivity index (χ3n) is 4.78. The molecule has 1 aliphatic rings. The summed E-state index contributed by atoms with van der Waals surface area (Å²) in [7, 11) is 0. The summed E-state index contributed by atoms with van der Waals surface area (Å²) < 4.78 is 2.00. The minimum absolute atomic E-state index is 0.0361. The molecule has 0 aliphatic carbocycles. The van der Waals surface area contributed by atoms with Crippen LogP contribution in [0.4, 0.5) is 11.6 Å². The summed E-state index contributed by atoms with van der Waals surface area (Å²) in [4.78, 5) is 24.6. The van der Waals surface area contributed by atoms with Crippen LogP contribution in [-0.2, 0) is 4.79 Å². The Kier molecular flexibility index (Phi) is 5.11. The molecule has 0 saturated carbocycles. The van der Waals surface area contributed by atoms with Gasteiger partial charge in [0.05, 0.1) is 37.6 Å². The number of carbonyl (C=O) groups excluding carboxylic acids is 1. The van der Waals surface area contributed by atoms with Crippen molar-refractivity contribution in [1.29, 1.82) is 0 Å². The smallest absolute Gasteiger partial charge is 0.279 e. The Balaban J connectivity index is 1.33. The van der Waals surface area contributed by atoms with Crippen molar-refractivity contribution in [3.8, 4) is 5.69 Å². The molecule has 2 aromatic heterocycles. The van der Waals surface area contributed by atoms with Gasteiger partial charge in [-0.25, -0.2) is 9.97 Å². The number of carbonyl (C=O) groups is 1. The summed E-state index contributed by atoms with van der Waals surface area (Å²) in [6.45, 7) is 3.96. The fourth-order valence-electron chi connectivity index (χ4n) is 3.38. The average Bonchev–Trinajstić information content (AvgIpc) is 3.24. The molecular formula is C20H23N6O+. The van der Waals surface area contributed by atoms with E-state index in [-0.39, 0.29) is 5.91 Å². The van der Waals surface area contributed by atoms with E-state index in [2.05, 4.69) is 20.2 Å². The number of quaternary nitrogens is 1. The van der Waals surface area contributed by atoms with Crippen molar-refractivity contribution in [1.82, 2.24) is 14.5 Å². The van der Waals surface area contributed by atoms with E-state index in [1.807, 2.05) is 59.4 Å². The topological polar surface area (TPSA) is 67.5 Å². The van der Waals surface area contributed by atoms with Crippen LogP contribution >= 0.6 is 0 Å². The maximum absolute atomic E-state index is 12.6. The second-order valence-electron chi connectivity index (χ2n) is 6.62. The van der Waals surface area contributed by atoms with Crippen LogP contribution in [-0.4, -0.2) is 53.2 Å². The number of hydrogen-bond acceptors (Lipinski definition) is 4. The van der Waals surface area contributed by atoms with Gasteiger partial charge in [-0.15, -0.1) is 0 Å². The van der Waals surface area contributed by atoms with E-state index in [4.69, 9.17) is 0 Å². The molecule has 1 saturated heterocycles. The van der Waals surface area contributed by atoms with Gasteiger partial charge in [-0.1, -0.05) is 12.1 Å². The SMILES string of the molecule is O=C(C[NH+]1CCN(c2ncccn2)CC1)Nc1ccccc1-n1cccc1. The maximum Gasteiger partial charge on any atom is 0.279 e. The number of nitrogens with zero attached hydrogens (tertiary/aromatic N) is 4. The first-order chi connectivity index (χ1) is 13.3. The Labute approximate surface area is 158 Å². The number of benzene rings is 1. The van der Waals surface area contributed by atoms with Gasteiger partial charge >= 0.3 is 0 Å². The quantitative estimate of drug-likeness (QED) is 0.697. The molecule has 0 bridgehead atoms. The summed E-state index contributed by atoms with van der Waals surface area (Å²) >= 11 is 0. The minimum atomic E-state index is 0.0361. The first-order valence-electron chi connectivity index (χ1n) is 9.17. The molecule has 1 amide bonds. The Morgan fingerprint density at radius 2 is 1.70 bits per heavy atom. The lowest BCUT2D eigenvalue weighted by Crippen LogP contribution is -3.15. The van der Waals surface area contributed by atoms with E-state index < -0.39 is 0 Å². The second kappa shape index (κ2) is 8.01. The highest BCUT2D eigenvalue weighted by molar-refractivity contribution is 5.93. The molecule has 3 heterocycles. The molecular weight excluding hydrogens is 340 g/mol. The number of rotatable bonds is 5. The van der Waals surface area contributed by atoms with E-state index in [9.17, 15) is 4.79 Å². The van der Waals surface area contributed by atoms with E-state index >= 15 is 0 Å². The van der Waals surface area contributed by atoms with Crippen LogP contribution in [0, 0.1) is 0 Å². The number of amides is 1. The first-order valence-corrected chi connectivity index (χ1v) is 9.17. The van der Waals surface area contributed by atoms with Crippen LogP contribution in [0.25, 0.3) is 5.69 Å². The molecule has 1 aliphatic heterocycles. The van der Waals surface area contributed by atoms with Gasteiger partial charge in [-0.2, -0.15) is 0 Å². The van der Waals surface area contributed by atoms with Crippen molar-refractivity contribution >= 4 is 17.5 Å². The normalized spacial score (nSPS) is 14.9. The molecule has 3 aromatic rings. The van der Waals surface area contributed by atoms with Crippen LogP contribution < -0.4 is 15.1 Å². The minimum Gasteiger partial charge on any atom is -0.330 e. The molecule has 0 spiro atoms. The summed E-state index contributed by atoms with van der Waals surface area (Å²) in [6, 6.07) is 13.6. The number of para-hydroxylation sites is 2. The number of hydrogen-bond donors (Lipinski definition) is 2. The van der Waals surface area contributed by atoms with Crippen LogP contribution in [0.3, 0.4) is 0 Å². The maximum atomic E-state index is 12.6. The van der Waals surface area contributed by atoms with E-state index in [1.54, 1.807) is 12.4 Å². The molecule has 1 aromatic carbocycles. The van der Waals surface area contributed by atoms with Crippen LogP contribution in [0.1, 0.15) is 0 Å². The van der Waals surface area contributed by atoms with Crippen molar-refractivity contribution in [3.63, 3.8) is 0 Å². The molecule has 2 N–H and O–H groups in total. The third kappa shape index (κ3) is 4.15. The molecule has 0 radical (unpaired) electrons. The van der Waals surface area contributed by atoms with Gasteiger partial charge in [-0.3, -0.25) is 4.79 Å². The molecule has 138 valence electrons. The summed E-state index contributed by atoms with van der Waals surface area (Å²) in [5, 5.41) is 3.07. The van der Waals surface area contributed by atoms with Crippen molar-refractivity contribution in [2.24, 2.45) is 0 Å². The summed E-state index contributed by atoms with van der Waals surface area (Å²) in [5.74, 6) is 0.802. The Morgan fingerprint density at radius 1 is 1.00 bits per heavy atom. The molecule has 0 unspecified atom stereocenters. The Hall–Kier alpha value is -3.19. The second-order valence-corrected chi connectivity index (χ2v) is 6.62. The van der Waals surface area contributed by atoms with Crippen molar-refractivity contribution in [3.05, 3.63) is 67.3 Å². The van der Waals surface area contributed by atoms with E-state index in [0.29, 0.717) is 6.54 Å². The molecule has 4 rings (SSSR count). The first kappa shape index (κ1) is 17.2. The molecule has 7 heteroatoms. The average molecular weight is 363 g/mol. The molecule has 1 fully saturated rings. The van der Waals surface area contributed by atoms with E-state index in [0.717, 1.165) is 43.5 Å². The Bertz CT molecular complexity index is 873. The van der Waals surface area contributed by atoms with Gasteiger partial charge in [0.1, 0.15) is 0 Å². The van der Waals surface area contributed by atoms with Gasteiger partial charge in [0, 0.05) is 24.8 Å². The molecule has 7 nitrogen and oxygen atoms in total. The van der Waals surface area contributed by atoms with Gasteiger partial charge in [0.15, 0.2) is 6.54 Å². The number of aromatic nitrogens is 3. The largest absolute Gasteiger partial charge is 0.330 e. The van der Waals surface area contributed by atoms with Crippen molar-refractivity contribution in [2.75, 3.05) is 42.9 Å². The van der Waals surface area contributed by atoms with Gasteiger partial charge < -0.3 is 19.7 Å². The van der Waals surface area contributed by atoms with Gasteiger partial charge in [0.2, 0.25) is 5.95 Å². The highest BCUT2D eigenvalue weighted by Gasteiger charge is 2.23. The highest BCUT2D eigenvalue weighted by Crippen LogP contribution is 2.19. The molecule has 0 atom stereocenters. The zero-order valence-electron chi connectivity index (χ0n) is 15.1. The van der Waals surface area contributed by atoms with E-state index in [1.165, 1.54) is 4.90 Å². The fraction of sp³-hybridized carbons (Fsp3) is 0.250. The van der Waals surface area contributed by atoms with Crippen molar-refractivity contribution in [2.45, 2.75) is 0 Å². The lowest BCUT2D eigenvalue weighted by molar-refractivity contribution is -0.892. The van der Waals surface area contributed by atoms with Crippen LogP contribution in [0.15, 0.2) is 67.3 Å². The van der Waals surface area contributed by atoms with Crippen LogP contribution in [0.5, 0.6) is 0 Å². The summed E-state index contributed by atoms with van der Waals surface area (Å²) in [5.41, 5.74) is 1.80.